The molecule has 172 valence electrons. The fourth-order valence-electron chi connectivity index (χ4n) is 2.99. The second-order valence-corrected chi connectivity index (χ2v) is 10.5. The quantitative estimate of drug-likeness (QED) is 0.422. The maximum absolute atomic E-state index is 13.2. The normalized spacial score (nSPS) is 14.2. The molecule has 7 heteroatoms. The molecule has 32 heavy (non-hydrogen) atoms. The van der Waals surface area contributed by atoms with Gasteiger partial charge in [-0.15, -0.1) is 4.72 Å². The fourth-order valence-corrected chi connectivity index (χ4v) is 3.79. The Kier molecular flexibility index (Phi) is 9.50. The van der Waals surface area contributed by atoms with Crippen LogP contribution in [0.15, 0.2) is 67.2 Å². The lowest BCUT2D eigenvalue weighted by Gasteiger charge is -2.28. The number of esters is 1. The van der Waals surface area contributed by atoms with E-state index in [1.165, 1.54) is 7.11 Å². The van der Waals surface area contributed by atoms with Gasteiger partial charge in [0.15, 0.2) is 0 Å². The minimum atomic E-state index is -1.49. The Labute approximate surface area is 193 Å². The van der Waals surface area contributed by atoms with E-state index in [4.69, 9.17) is 4.74 Å². The zero-order valence-corrected chi connectivity index (χ0v) is 19.9. The standard InChI is InChI=1S/C25H32N2O4S/c1-18(20-14-10-7-11-15-20)16-21(27-32(30)25(2,3)4)23(28)26-22(24(29)31-5)17-19-12-8-6-9-13-19/h6-15,21-22,27H,1,16-17H2,2-5H3,(H,26,28)/t21-,22-,32?/m0/s1. The van der Waals surface area contributed by atoms with Crippen molar-refractivity contribution in [1.29, 1.82) is 0 Å². The molecular formula is C25H32N2O4S. The van der Waals surface area contributed by atoms with Crippen LogP contribution in [0, 0.1) is 0 Å². The molecular weight excluding hydrogens is 424 g/mol. The Bertz CT molecular complexity index is 897. The predicted octanol–water partition coefficient (Wildman–Crippen LogP) is 3.41. The summed E-state index contributed by atoms with van der Waals surface area (Å²) in [5.41, 5.74) is 2.50. The molecule has 1 amide bonds. The number of amides is 1. The second kappa shape index (κ2) is 11.9. The molecule has 2 aromatic rings. The largest absolute Gasteiger partial charge is 0.598 e. The zero-order valence-electron chi connectivity index (χ0n) is 19.1. The van der Waals surface area contributed by atoms with Crippen LogP contribution in [-0.2, 0) is 32.1 Å². The van der Waals surface area contributed by atoms with Crippen LogP contribution < -0.4 is 10.0 Å². The van der Waals surface area contributed by atoms with Crippen LogP contribution in [0.5, 0.6) is 0 Å². The monoisotopic (exact) mass is 456 g/mol. The predicted molar refractivity (Wildman–Crippen MR) is 129 cm³/mol. The van der Waals surface area contributed by atoms with E-state index in [1.807, 2.05) is 81.4 Å². The Hall–Kier alpha value is -2.61. The number of rotatable bonds is 10. The van der Waals surface area contributed by atoms with E-state index >= 15 is 0 Å². The molecule has 6 nitrogen and oxygen atoms in total. The molecule has 0 saturated carbocycles. The number of carbonyl (C=O) groups excluding carboxylic acids is 2. The van der Waals surface area contributed by atoms with Crippen LogP contribution in [0.1, 0.15) is 38.3 Å². The topological polar surface area (TPSA) is 90.5 Å². The molecule has 0 aliphatic heterocycles. The van der Waals surface area contributed by atoms with Gasteiger partial charge in [0.2, 0.25) is 5.91 Å². The number of hydrogen-bond donors (Lipinski definition) is 2. The minimum Gasteiger partial charge on any atom is -0.598 e. The molecule has 0 spiro atoms. The van der Waals surface area contributed by atoms with Crippen molar-refractivity contribution in [3.8, 4) is 0 Å². The van der Waals surface area contributed by atoms with Crippen LogP contribution in [0.2, 0.25) is 0 Å². The maximum atomic E-state index is 13.2. The van der Waals surface area contributed by atoms with Gasteiger partial charge in [-0.05, 0) is 37.5 Å². The number of methoxy groups -OCH3 is 1. The molecule has 0 aliphatic rings. The van der Waals surface area contributed by atoms with Gasteiger partial charge in [0.05, 0.1) is 7.11 Å². The average Bonchev–Trinajstić information content (AvgIpc) is 2.78. The first-order valence-corrected chi connectivity index (χ1v) is 11.6. The van der Waals surface area contributed by atoms with E-state index in [0.29, 0.717) is 0 Å². The van der Waals surface area contributed by atoms with E-state index in [1.54, 1.807) is 0 Å². The average molecular weight is 457 g/mol. The van der Waals surface area contributed by atoms with Gasteiger partial charge in [-0.1, -0.05) is 67.2 Å². The van der Waals surface area contributed by atoms with Gasteiger partial charge in [0, 0.05) is 24.2 Å². The van der Waals surface area contributed by atoms with Crippen LogP contribution in [0.4, 0.5) is 0 Å². The molecule has 2 rings (SSSR count). The van der Waals surface area contributed by atoms with Crippen LogP contribution >= 0.6 is 0 Å². The van der Waals surface area contributed by atoms with E-state index in [9.17, 15) is 14.1 Å². The van der Waals surface area contributed by atoms with Crippen molar-refractivity contribution >= 4 is 28.8 Å². The summed E-state index contributed by atoms with van der Waals surface area (Å²) < 4.78 is 20.0. The first-order chi connectivity index (χ1) is 15.1. The van der Waals surface area contributed by atoms with Crippen molar-refractivity contribution in [3.63, 3.8) is 0 Å². The summed E-state index contributed by atoms with van der Waals surface area (Å²) in [5.74, 6) is -0.981. The smallest absolute Gasteiger partial charge is 0.328 e. The molecule has 0 aliphatic carbocycles. The highest BCUT2D eigenvalue weighted by Gasteiger charge is 2.34. The summed E-state index contributed by atoms with van der Waals surface area (Å²) in [5, 5.41) is 2.78. The second-order valence-electron chi connectivity index (χ2n) is 8.50. The first-order valence-electron chi connectivity index (χ1n) is 10.4. The third kappa shape index (κ3) is 7.82. The van der Waals surface area contributed by atoms with Gasteiger partial charge in [-0.2, -0.15) is 0 Å². The third-order valence-corrected chi connectivity index (χ3v) is 6.45. The van der Waals surface area contributed by atoms with E-state index in [0.717, 1.165) is 16.7 Å². The molecule has 0 fully saturated rings. The number of carbonyl (C=O) groups is 2. The Morgan fingerprint density at radius 2 is 1.59 bits per heavy atom. The molecule has 0 heterocycles. The number of nitrogens with one attached hydrogen (secondary N) is 2. The highest BCUT2D eigenvalue weighted by molar-refractivity contribution is 7.90. The van der Waals surface area contributed by atoms with Crippen LogP contribution in [-0.4, -0.2) is 40.4 Å². The van der Waals surface area contributed by atoms with Gasteiger partial charge in [-0.3, -0.25) is 4.79 Å². The molecule has 1 unspecified atom stereocenters. The van der Waals surface area contributed by atoms with Crippen molar-refractivity contribution in [2.24, 2.45) is 0 Å². The summed E-state index contributed by atoms with van der Waals surface area (Å²) in [7, 11) is 1.29. The lowest BCUT2D eigenvalue weighted by atomic mass is 9.99. The Morgan fingerprint density at radius 3 is 2.12 bits per heavy atom. The van der Waals surface area contributed by atoms with E-state index in [-0.39, 0.29) is 12.8 Å². The molecule has 0 aromatic heterocycles. The molecule has 2 aromatic carbocycles. The van der Waals surface area contributed by atoms with Gasteiger partial charge in [0.1, 0.15) is 16.8 Å². The zero-order chi connectivity index (χ0) is 23.7. The Balaban J connectivity index is 2.21. The summed E-state index contributed by atoms with van der Waals surface area (Å²) >= 11 is -1.49. The van der Waals surface area contributed by atoms with E-state index < -0.39 is 40.1 Å². The SMILES string of the molecule is C=C(C[C@H](N[S+]([O-])C(C)(C)C)C(=O)N[C@@H](Cc1ccccc1)C(=O)OC)c1ccccc1. The highest BCUT2D eigenvalue weighted by atomic mass is 32.2. The van der Waals surface area contributed by atoms with Gasteiger partial charge >= 0.3 is 5.97 Å². The molecule has 0 saturated heterocycles. The molecule has 3 atom stereocenters. The number of benzene rings is 2. The highest BCUT2D eigenvalue weighted by Crippen LogP contribution is 2.21. The van der Waals surface area contributed by atoms with Crippen molar-refractivity contribution < 1.29 is 18.9 Å². The van der Waals surface area contributed by atoms with Crippen molar-refractivity contribution in [2.45, 2.75) is 50.4 Å². The lowest BCUT2D eigenvalue weighted by Crippen LogP contribution is -2.54. The molecule has 0 radical (unpaired) electrons. The first kappa shape index (κ1) is 25.6. The Morgan fingerprint density at radius 1 is 1.03 bits per heavy atom. The van der Waals surface area contributed by atoms with Crippen LogP contribution in [0.25, 0.3) is 5.57 Å². The van der Waals surface area contributed by atoms with Crippen molar-refractivity contribution in [3.05, 3.63) is 78.4 Å². The lowest BCUT2D eigenvalue weighted by molar-refractivity contribution is -0.145. The summed E-state index contributed by atoms with van der Waals surface area (Å²) in [6.45, 7) is 9.57. The van der Waals surface area contributed by atoms with Crippen LogP contribution in [0.3, 0.4) is 0 Å². The molecule has 0 bridgehead atoms. The van der Waals surface area contributed by atoms with E-state index in [2.05, 4.69) is 16.6 Å². The maximum Gasteiger partial charge on any atom is 0.328 e. The van der Waals surface area contributed by atoms with Gasteiger partial charge in [-0.25, -0.2) is 4.79 Å². The van der Waals surface area contributed by atoms with Gasteiger partial charge in [0.25, 0.3) is 0 Å². The number of hydrogen-bond acceptors (Lipinski definition) is 5. The number of ether oxygens (including phenoxy) is 1. The van der Waals surface area contributed by atoms with Crippen molar-refractivity contribution in [2.75, 3.05) is 7.11 Å². The summed E-state index contributed by atoms with van der Waals surface area (Å²) in [6.07, 6.45) is 0.519. The van der Waals surface area contributed by atoms with Gasteiger partial charge < -0.3 is 14.6 Å². The summed E-state index contributed by atoms with van der Waals surface area (Å²) in [4.78, 5) is 25.6. The van der Waals surface area contributed by atoms with Crippen molar-refractivity contribution in [1.82, 2.24) is 10.0 Å². The summed E-state index contributed by atoms with van der Waals surface area (Å²) in [6, 6.07) is 17.2. The minimum absolute atomic E-state index is 0.233. The molecule has 2 N–H and O–H groups in total. The fraction of sp³-hybridized carbons (Fsp3) is 0.360. The third-order valence-electron chi connectivity index (χ3n) is 4.84.